The van der Waals surface area contributed by atoms with E-state index in [1.807, 2.05) is 0 Å². The molecule has 0 bridgehead atoms. The first kappa shape index (κ1) is 21.8. The Hall–Kier alpha value is -1.85. The van der Waals surface area contributed by atoms with Gasteiger partial charge in [0.05, 0.1) is 18.7 Å². The van der Waals surface area contributed by atoms with Crippen LogP contribution >= 0.6 is 11.3 Å². The van der Waals surface area contributed by atoms with Gasteiger partial charge in [-0.3, -0.25) is 4.79 Å². The van der Waals surface area contributed by atoms with Crippen molar-refractivity contribution in [2.75, 3.05) is 19.6 Å². The molecule has 0 saturated carbocycles. The SMILES string of the molecule is Cc1ccc(S(=O)(=O)N2CCCC(C(=O)N(Cc3ccco3)CC(F)(F)F)C2)s1. The maximum atomic E-state index is 13.0. The Morgan fingerprint density at radius 3 is 2.69 bits per heavy atom. The predicted octanol–water partition coefficient (Wildman–Crippen LogP) is 3.64. The molecular weight excluding hydrogens is 429 g/mol. The molecule has 1 atom stereocenters. The number of nitrogens with zero attached hydrogens (tertiary/aromatic N) is 2. The summed E-state index contributed by atoms with van der Waals surface area (Å²) in [6, 6.07) is 6.23. The first-order valence-corrected chi connectivity index (χ1v) is 11.3. The van der Waals surface area contributed by atoms with Gasteiger partial charge in [-0.2, -0.15) is 17.5 Å². The van der Waals surface area contributed by atoms with Crippen molar-refractivity contribution in [3.8, 4) is 0 Å². The number of alkyl halides is 3. The van der Waals surface area contributed by atoms with E-state index in [1.165, 1.54) is 28.8 Å². The third-order valence-electron chi connectivity index (χ3n) is 4.65. The van der Waals surface area contributed by atoms with Gasteiger partial charge < -0.3 is 9.32 Å². The molecule has 1 unspecified atom stereocenters. The zero-order valence-electron chi connectivity index (χ0n) is 15.7. The molecular formula is C18H21F3N2O4S2. The maximum absolute atomic E-state index is 13.0. The number of thiophene rings is 1. The third-order valence-corrected chi connectivity index (χ3v) is 7.99. The van der Waals surface area contributed by atoms with Gasteiger partial charge in [0.1, 0.15) is 16.5 Å². The summed E-state index contributed by atoms with van der Waals surface area (Å²) < 4.78 is 71.2. The lowest BCUT2D eigenvalue weighted by atomic mass is 9.98. The van der Waals surface area contributed by atoms with Gasteiger partial charge in [-0.05, 0) is 44.0 Å². The maximum Gasteiger partial charge on any atom is 0.406 e. The number of hydrogen-bond donors (Lipinski definition) is 0. The number of carbonyl (C=O) groups excluding carboxylic acids is 1. The number of halogens is 3. The number of amides is 1. The largest absolute Gasteiger partial charge is 0.467 e. The topological polar surface area (TPSA) is 70.8 Å². The van der Waals surface area contributed by atoms with E-state index in [4.69, 9.17) is 4.42 Å². The van der Waals surface area contributed by atoms with Crippen LogP contribution in [-0.4, -0.2) is 49.3 Å². The third kappa shape index (κ3) is 5.40. The Morgan fingerprint density at radius 1 is 1.34 bits per heavy atom. The fourth-order valence-corrected chi connectivity index (χ4v) is 6.28. The van der Waals surface area contributed by atoms with Gasteiger partial charge in [0.25, 0.3) is 10.0 Å². The minimum absolute atomic E-state index is 0.134. The molecule has 11 heteroatoms. The zero-order chi connectivity index (χ0) is 21.2. The van der Waals surface area contributed by atoms with E-state index < -0.39 is 34.6 Å². The van der Waals surface area contributed by atoms with Crippen LogP contribution in [0.3, 0.4) is 0 Å². The van der Waals surface area contributed by atoms with Crippen molar-refractivity contribution in [1.29, 1.82) is 0 Å². The van der Waals surface area contributed by atoms with Crippen molar-refractivity contribution < 1.29 is 30.8 Å². The van der Waals surface area contributed by atoms with Gasteiger partial charge in [0.2, 0.25) is 5.91 Å². The highest BCUT2D eigenvalue weighted by Crippen LogP contribution is 2.30. The van der Waals surface area contributed by atoms with E-state index in [9.17, 15) is 26.4 Å². The smallest absolute Gasteiger partial charge is 0.406 e. The van der Waals surface area contributed by atoms with Crippen LogP contribution in [0.2, 0.25) is 0 Å². The van der Waals surface area contributed by atoms with Crippen molar-refractivity contribution in [3.05, 3.63) is 41.2 Å². The minimum atomic E-state index is -4.57. The second-order valence-corrected chi connectivity index (χ2v) is 10.4. The Bertz CT molecular complexity index is 939. The highest BCUT2D eigenvalue weighted by Gasteiger charge is 2.39. The van der Waals surface area contributed by atoms with E-state index in [0.29, 0.717) is 17.7 Å². The van der Waals surface area contributed by atoms with Crippen LogP contribution in [0.25, 0.3) is 0 Å². The predicted molar refractivity (Wildman–Crippen MR) is 101 cm³/mol. The van der Waals surface area contributed by atoms with E-state index in [0.717, 1.165) is 16.2 Å². The van der Waals surface area contributed by atoms with Crippen LogP contribution in [0.15, 0.2) is 39.2 Å². The van der Waals surface area contributed by atoms with Crippen LogP contribution in [0.5, 0.6) is 0 Å². The summed E-state index contributed by atoms with van der Waals surface area (Å²) in [4.78, 5) is 14.4. The molecule has 2 aromatic rings. The number of hydrogen-bond acceptors (Lipinski definition) is 5. The molecule has 6 nitrogen and oxygen atoms in total. The van der Waals surface area contributed by atoms with Crippen molar-refractivity contribution >= 4 is 27.3 Å². The van der Waals surface area contributed by atoms with Crippen molar-refractivity contribution in [1.82, 2.24) is 9.21 Å². The van der Waals surface area contributed by atoms with Crippen LogP contribution in [0.4, 0.5) is 13.2 Å². The Labute approximate surface area is 171 Å². The molecule has 3 heterocycles. The van der Waals surface area contributed by atoms with Crippen LogP contribution < -0.4 is 0 Å². The number of sulfonamides is 1. The Kier molecular flexibility index (Phi) is 6.39. The molecule has 0 aliphatic carbocycles. The highest BCUT2D eigenvalue weighted by molar-refractivity contribution is 7.91. The van der Waals surface area contributed by atoms with Crippen molar-refractivity contribution in [3.63, 3.8) is 0 Å². The van der Waals surface area contributed by atoms with Gasteiger partial charge in [-0.25, -0.2) is 8.42 Å². The van der Waals surface area contributed by atoms with Gasteiger partial charge >= 0.3 is 6.18 Å². The molecule has 160 valence electrons. The molecule has 0 N–H and O–H groups in total. The van der Waals surface area contributed by atoms with Gasteiger partial charge in [0, 0.05) is 18.0 Å². The highest BCUT2D eigenvalue weighted by atomic mass is 32.2. The average molecular weight is 451 g/mol. The van der Waals surface area contributed by atoms with Crippen molar-refractivity contribution in [2.45, 2.75) is 36.7 Å². The summed E-state index contributed by atoms with van der Waals surface area (Å²) in [6.07, 6.45) is -2.51. The first-order chi connectivity index (χ1) is 13.6. The average Bonchev–Trinajstić information content (AvgIpc) is 3.31. The van der Waals surface area contributed by atoms with E-state index in [2.05, 4.69) is 0 Å². The van der Waals surface area contributed by atoms with Crippen molar-refractivity contribution in [2.24, 2.45) is 5.92 Å². The fraction of sp³-hybridized carbons (Fsp3) is 0.500. The van der Waals surface area contributed by atoms with E-state index in [1.54, 1.807) is 13.0 Å². The molecule has 1 saturated heterocycles. The molecule has 1 aliphatic rings. The molecule has 0 radical (unpaired) electrons. The monoisotopic (exact) mass is 450 g/mol. The molecule has 29 heavy (non-hydrogen) atoms. The van der Waals surface area contributed by atoms with Crippen LogP contribution in [0.1, 0.15) is 23.5 Å². The lowest BCUT2D eigenvalue weighted by Gasteiger charge is -2.34. The lowest BCUT2D eigenvalue weighted by Crippen LogP contribution is -2.48. The number of carbonyl (C=O) groups is 1. The minimum Gasteiger partial charge on any atom is -0.467 e. The van der Waals surface area contributed by atoms with Gasteiger partial charge in [-0.1, -0.05) is 0 Å². The standard InChI is InChI=1S/C18H21F3N2O4S2/c1-13-6-7-16(28-13)29(25,26)23-8-2-4-14(10-23)17(24)22(12-18(19,20)21)11-15-5-3-9-27-15/h3,5-7,9,14H,2,4,8,10-12H2,1H3. The van der Waals surface area contributed by atoms with Gasteiger partial charge in [0.15, 0.2) is 0 Å². The molecule has 1 fully saturated rings. The zero-order valence-corrected chi connectivity index (χ0v) is 17.3. The fourth-order valence-electron chi connectivity index (χ4n) is 3.32. The van der Waals surface area contributed by atoms with Crippen LogP contribution in [-0.2, 0) is 21.4 Å². The quantitative estimate of drug-likeness (QED) is 0.674. The summed E-state index contributed by atoms with van der Waals surface area (Å²) in [6.45, 7) is 0.152. The summed E-state index contributed by atoms with van der Waals surface area (Å²) in [7, 11) is -3.78. The molecule has 0 aromatic carbocycles. The first-order valence-electron chi connectivity index (χ1n) is 9.01. The summed E-state index contributed by atoms with van der Waals surface area (Å²) in [5.74, 6) is -1.32. The van der Waals surface area contributed by atoms with Crippen LogP contribution in [0, 0.1) is 12.8 Å². The second kappa shape index (κ2) is 8.49. The Morgan fingerprint density at radius 2 is 2.10 bits per heavy atom. The number of rotatable bonds is 6. The van der Waals surface area contributed by atoms with E-state index in [-0.39, 0.29) is 29.6 Å². The number of piperidine rings is 1. The molecule has 0 spiro atoms. The molecule has 2 aromatic heterocycles. The number of aryl methyl sites for hydroxylation is 1. The molecule has 1 aliphatic heterocycles. The van der Waals surface area contributed by atoms with E-state index >= 15 is 0 Å². The normalized spacial score (nSPS) is 18.7. The summed E-state index contributed by atoms with van der Waals surface area (Å²) in [5, 5.41) is 0. The molecule has 3 rings (SSSR count). The summed E-state index contributed by atoms with van der Waals surface area (Å²) >= 11 is 1.13. The molecule has 1 amide bonds. The lowest BCUT2D eigenvalue weighted by molar-refractivity contribution is -0.166. The number of furan rings is 1. The second-order valence-electron chi connectivity index (χ2n) is 6.96. The van der Waals surface area contributed by atoms with Gasteiger partial charge in [-0.15, -0.1) is 11.3 Å². The summed E-state index contributed by atoms with van der Waals surface area (Å²) in [5.41, 5.74) is 0. The Balaban J connectivity index is 1.77.